The van der Waals surface area contributed by atoms with Crippen LogP contribution in [0.4, 0.5) is 0 Å². The van der Waals surface area contributed by atoms with E-state index in [9.17, 15) is 0 Å². The molecule has 1 unspecified atom stereocenters. The molecule has 2 aliphatic heterocycles. The monoisotopic (exact) mass is 385 g/mol. The zero-order chi connectivity index (χ0) is 20.4. The first-order chi connectivity index (χ1) is 14.0. The van der Waals surface area contributed by atoms with Gasteiger partial charge in [-0.2, -0.15) is 0 Å². The number of likely N-dealkylation sites (tertiary alicyclic amines) is 1. The van der Waals surface area contributed by atoms with E-state index in [1.807, 2.05) is 19.2 Å². The summed E-state index contributed by atoms with van der Waals surface area (Å²) in [5.41, 5.74) is 6.31. The number of nitrogens with zero attached hydrogens (tertiary/aromatic N) is 5. The van der Waals surface area contributed by atoms with Gasteiger partial charge in [-0.05, 0) is 48.6 Å². The number of likely N-dealkylation sites (N-methyl/N-ethyl adjacent to an activating group) is 1. The van der Waals surface area contributed by atoms with E-state index in [-0.39, 0.29) is 0 Å². The fraction of sp³-hybridized carbons (Fsp3) is 0.292. The first-order valence-electron chi connectivity index (χ1n) is 10.0. The summed E-state index contributed by atoms with van der Waals surface area (Å²) in [4.78, 5) is 17.7. The van der Waals surface area contributed by atoms with Crippen molar-refractivity contribution >= 4 is 17.2 Å². The van der Waals surface area contributed by atoms with Crippen LogP contribution in [0.15, 0.2) is 72.8 Å². The van der Waals surface area contributed by atoms with E-state index >= 15 is 0 Å². The Morgan fingerprint density at radius 1 is 1.21 bits per heavy atom. The molecule has 0 N–H and O–H groups in total. The van der Waals surface area contributed by atoms with Gasteiger partial charge in [-0.25, -0.2) is 15.0 Å². The van der Waals surface area contributed by atoms with E-state index in [1.54, 1.807) is 12.5 Å². The van der Waals surface area contributed by atoms with Crippen LogP contribution in [-0.2, 0) is 0 Å². The van der Waals surface area contributed by atoms with E-state index in [0.717, 1.165) is 49.0 Å². The Bertz CT molecular complexity index is 989. The number of rotatable bonds is 3. The highest BCUT2D eigenvalue weighted by molar-refractivity contribution is 5.91. The number of aliphatic imine (C=N–C) groups is 1. The molecule has 5 heteroatoms. The van der Waals surface area contributed by atoms with Crippen LogP contribution in [0.1, 0.15) is 29.7 Å². The molecule has 2 aromatic rings. The number of guanidine groups is 1. The predicted octanol–water partition coefficient (Wildman–Crippen LogP) is 4.37. The second-order valence-electron chi connectivity index (χ2n) is 7.71. The van der Waals surface area contributed by atoms with Crippen LogP contribution in [0.3, 0.4) is 0 Å². The molecular formula is C24H27N5. The summed E-state index contributed by atoms with van der Waals surface area (Å²) in [5, 5.41) is 0. The molecule has 1 aromatic heterocycles. The van der Waals surface area contributed by atoms with Crippen LogP contribution in [0.25, 0.3) is 11.3 Å². The molecule has 5 nitrogen and oxygen atoms in total. The van der Waals surface area contributed by atoms with Gasteiger partial charge in [-0.1, -0.05) is 37.4 Å². The molecule has 29 heavy (non-hydrogen) atoms. The molecule has 1 aromatic carbocycles. The second-order valence-corrected chi connectivity index (χ2v) is 7.71. The lowest BCUT2D eigenvalue weighted by Crippen LogP contribution is -2.47. The zero-order valence-electron chi connectivity index (χ0n) is 17.2. The first kappa shape index (κ1) is 19.1. The van der Waals surface area contributed by atoms with Gasteiger partial charge in [-0.15, -0.1) is 0 Å². The molecule has 0 amide bonds. The van der Waals surface area contributed by atoms with Crippen molar-refractivity contribution in [1.29, 1.82) is 0 Å². The molecular weight excluding hydrogens is 358 g/mol. The summed E-state index contributed by atoms with van der Waals surface area (Å²) in [6.45, 7) is 12.7. The highest BCUT2D eigenvalue weighted by Crippen LogP contribution is 2.33. The molecule has 0 spiro atoms. The standard InChI is InChI=1S/C24H27N5/c1-17-8-5-6-10-21(17)19(3)20-9-7-13-29(15-20)24-27-23(14-18(2)28(24)4)22-11-12-25-16-26-22/h5-6,8,10-12,14,16,20H,2-3,7,9,13,15H2,1,4H3. The minimum atomic E-state index is 0.405. The Morgan fingerprint density at radius 3 is 2.79 bits per heavy atom. The van der Waals surface area contributed by atoms with Crippen molar-refractivity contribution in [3.63, 3.8) is 0 Å². The van der Waals surface area contributed by atoms with Crippen molar-refractivity contribution in [3.05, 3.63) is 84.6 Å². The van der Waals surface area contributed by atoms with Gasteiger partial charge in [0.2, 0.25) is 5.96 Å². The Kier molecular flexibility index (Phi) is 5.30. The maximum atomic E-state index is 4.94. The minimum absolute atomic E-state index is 0.405. The number of benzene rings is 1. The van der Waals surface area contributed by atoms with Gasteiger partial charge in [-0.3, -0.25) is 0 Å². The fourth-order valence-electron chi connectivity index (χ4n) is 4.05. The smallest absolute Gasteiger partial charge is 0.206 e. The van der Waals surface area contributed by atoms with Gasteiger partial charge < -0.3 is 9.80 Å². The number of hydrogen-bond acceptors (Lipinski definition) is 5. The third-order valence-corrected chi connectivity index (χ3v) is 5.79. The Balaban J connectivity index is 1.59. The van der Waals surface area contributed by atoms with E-state index < -0.39 is 0 Å². The number of allylic oxidation sites excluding steroid dienone is 1. The van der Waals surface area contributed by atoms with Crippen molar-refractivity contribution in [1.82, 2.24) is 19.8 Å². The van der Waals surface area contributed by atoms with E-state index in [4.69, 9.17) is 4.99 Å². The molecule has 0 radical (unpaired) electrons. The normalized spacial score (nSPS) is 19.7. The van der Waals surface area contributed by atoms with E-state index in [2.05, 4.69) is 64.1 Å². The highest BCUT2D eigenvalue weighted by Gasteiger charge is 2.29. The van der Waals surface area contributed by atoms with Crippen LogP contribution in [0.5, 0.6) is 0 Å². The third-order valence-electron chi connectivity index (χ3n) is 5.79. The predicted molar refractivity (Wildman–Crippen MR) is 119 cm³/mol. The molecule has 4 rings (SSSR count). The van der Waals surface area contributed by atoms with Crippen molar-refractivity contribution in [2.45, 2.75) is 19.8 Å². The van der Waals surface area contributed by atoms with Crippen LogP contribution in [-0.4, -0.2) is 45.9 Å². The number of aryl methyl sites for hydroxylation is 1. The fourth-order valence-corrected chi connectivity index (χ4v) is 4.05. The average Bonchev–Trinajstić information content (AvgIpc) is 2.76. The lowest BCUT2D eigenvalue weighted by Gasteiger charge is -2.40. The molecule has 1 saturated heterocycles. The Morgan fingerprint density at radius 2 is 2.03 bits per heavy atom. The van der Waals surface area contributed by atoms with Crippen LogP contribution in [0, 0.1) is 12.8 Å². The Labute approximate surface area is 172 Å². The SMILES string of the molecule is C=C(c1ccccc1C)C1CCCN(C2=NC(c3ccncn3)=CC(=C)N2C)C1. The topological polar surface area (TPSA) is 44.6 Å². The molecule has 1 fully saturated rings. The zero-order valence-corrected chi connectivity index (χ0v) is 17.2. The summed E-state index contributed by atoms with van der Waals surface area (Å²) in [6, 6.07) is 10.4. The summed E-state index contributed by atoms with van der Waals surface area (Å²) >= 11 is 0. The van der Waals surface area contributed by atoms with Crippen LogP contribution >= 0.6 is 0 Å². The molecule has 3 heterocycles. The van der Waals surface area contributed by atoms with Gasteiger partial charge in [0.15, 0.2) is 0 Å². The van der Waals surface area contributed by atoms with Crippen molar-refractivity contribution in [2.75, 3.05) is 20.1 Å². The molecule has 1 atom stereocenters. The third kappa shape index (κ3) is 3.86. The minimum Gasteiger partial charge on any atom is -0.342 e. The Hall–Kier alpha value is -3.21. The average molecular weight is 386 g/mol. The molecule has 0 aliphatic carbocycles. The molecule has 2 aliphatic rings. The lowest BCUT2D eigenvalue weighted by atomic mass is 9.85. The quantitative estimate of drug-likeness (QED) is 0.787. The van der Waals surface area contributed by atoms with Gasteiger partial charge in [0.25, 0.3) is 0 Å². The highest BCUT2D eigenvalue weighted by atomic mass is 15.4. The van der Waals surface area contributed by atoms with Crippen molar-refractivity contribution in [2.24, 2.45) is 10.9 Å². The van der Waals surface area contributed by atoms with Crippen LogP contribution in [0.2, 0.25) is 0 Å². The summed E-state index contributed by atoms with van der Waals surface area (Å²) in [5.74, 6) is 1.33. The second kappa shape index (κ2) is 8.03. The van der Waals surface area contributed by atoms with Gasteiger partial charge >= 0.3 is 0 Å². The number of aromatic nitrogens is 2. The van der Waals surface area contributed by atoms with Gasteiger partial charge in [0.1, 0.15) is 6.33 Å². The van der Waals surface area contributed by atoms with Crippen molar-refractivity contribution in [3.8, 4) is 0 Å². The van der Waals surface area contributed by atoms with Gasteiger partial charge in [0, 0.05) is 37.9 Å². The van der Waals surface area contributed by atoms with Crippen LogP contribution < -0.4 is 0 Å². The van der Waals surface area contributed by atoms with E-state index in [0.29, 0.717) is 5.92 Å². The number of hydrogen-bond donors (Lipinski definition) is 0. The first-order valence-corrected chi connectivity index (χ1v) is 10.0. The largest absolute Gasteiger partial charge is 0.342 e. The maximum Gasteiger partial charge on any atom is 0.206 e. The molecule has 148 valence electrons. The summed E-state index contributed by atoms with van der Waals surface area (Å²) < 4.78 is 0. The molecule has 0 bridgehead atoms. The summed E-state index contributed by atoms with van der Waals surface area (Å²) in [6.07, 6.45) is 7.52. The van der Waals surface area contributed by atoms with E-state index in [1.165, 1.54) is 16.7 Å². The lowest BCUT2D eigenvalue weighted by molar-refractivity contribution is 0.275. The maximum absolute atomic E-state index is 4.94. The number of piperidine rings is 1. The summed E-state index contributed by atoms with van der Waals surface area (Å²) in [7, 11) is 2.02. The molecule has 0 saturated carbocycles. The van der Waals surface area contributed by atoms with Crippen molar-refractivity contribution < 1.29 is 0 Å². The van der Waals surface area contributed by atoms with Gasteiger partial charge in [0.05, 0.1) is 11.4 Å².